The lowest BCUT2D eigenvalue weighted by atomic mass is 9.86. The van der Waals surface area contributed by atoms with Crippen LogP contribution < -0.4 is 4.74 Å². The standard InChI is InChI=1S/C29H29N3O5S/c1-19(2)38(35)24-8-5-22(6-9-24)28(34)31-14-12-29(13-15-31)27-11-7-23(17-30)32(27)25-10-4-21(16-26(25)37-29)18-36-20(3)33/h4-11,16,19H,12-15,18H2,1-3H3. The van der Waals surface area contributed by atoms with Crippen LogP contribution in [0.4, 0.5) is 0 Å². The third-order valence-corrected chi connectivity index (χ3v) is 8.69. The van der Waals surface area contributed by atoms with E-state index >= 15 is 0 Å². The summed E-state index contributed by atoms with van der Waals surface area (Å²) in [5, 5.41) is 9.79. The van der Waals surface area contributed by atoms with Crippen molar-refractivity contribution in [2.75, 3.05) is 13.1 Å². The predicted molar refractivity (Wildman–Crippen MR) is 141 cm³/mol. The van der Waals surface area contributed by atoms with E-state index in [2.05, 4.69) is 6.07 Å². The van der Waals surface area contributed by atoms with Gasteiger partial charge in [-0.2, -0.15) is 5.26 Å². The van der Waals surface area contributed by atoms with Crippen LogP contribution in [0, 0.1) is 11.3 Å². The Bertz CT molecular complexity index is 1410. The molecule has 2 aliphatic heterocycles. The summed E-state index contributed by atoms with van der Waals surface area (Å²) in [6, 6.07) is 18.6. The summed E-state index contributed by atoms with van der Waals surface area (Å²) in [4.78, 5) is 27.1. The van der Waals surface area contributed by atoms with Crippen LogP contribution in [0.2, 0.25) is 0 Å². The van der Waals surface area contributed by atoms with Crippen LogP contribution in [0.1, 0.15) is 60.9 Å². The largest absolute Gasteiger partial charge is 0.611 e. The van der Waals surface area contributed by atoms with Gasteiger partial charge in [-0.05, 0) is 79.1 Å². The summed E-state index contributed by atoms with van der Waals surface area (Å²) in [5.41, 5.74) is 2.81. The molecule has 2 aromatic carbocycles. The number of carbonyl (C=O) groups excluding carboxylic acids is 2. The van der Waals surface area contributed by atoms with Crippen molar-refractivity contribution in [3.63, 3.8) is 0 Å². The third-order valence-electron chi connectivity index (χ3n) is 7.09. The maximum Gasteiger partial charge on any atom is 0.302 e. The molecule has 1 unspecified atom stereocenters. The molecule has 1 atom stereocenters. The summed E-state index contributed by atoms with van der Waals surface area (Å²) >= 11 is -1.10. The molecule has 3 aromatic rings. The Morgan fingerprint density at radius 3 is 2.47 bits per heavy atom. The fourth-order valence-electron chi connectivity index (χ4n) is 5.12. The molecule has 1 aromatic heterocycles. The van der Waals surface area contributed by atoms with Gasteiger partial charge in [-0.3, -0.25) is 14.2 Å². The summed E-state index contributed by atoms with van der Waals surface area (Å²) in [6.45, 7) is 6.27. The number of hydrogen-bond acceptors (Lipinski definition) is 6. The number of carbonyl (C=O) groups is 2. The molecule has 2 aliphatic rings. The van der Waals surface area contributed by atoms with Crippen molar-refractivity contribution in [1.82, 2.24) is 9.47 Å². The number of esters is 1. The van der Waals surface area contributed by atoms with Crippen molar-refractivity contribution in [1.29, 1.82) is 5.26 Å². The van der Waals surface area contributed by atoms with Gasteiger partial charge in [0.15, 0.2) is 10.5 Å². The normalized spacial score (nSPS) is 16.3. The minimum atomic E-state index is -1.10. The molecular weight excluding hydrogens is 502 g/mol. The van der Waals surface area contributed by atoms with E-state index < -0.39 is 16.8 Å². The summed E-state index contributed by atoms with van der Waals surface area (Å²) in [7, 11) is 0. The summed E-state index contributed by atoms with van der Waals surface area (Å²) in [5.74, 6) is 0.178. The first-order valence-corrected chi connectivity index (χ1v) is 13.8. The number of likely N-dealkylation sites (tertiary alicyclic amines) is 1. The zero-order valence-electron chi connectivity index (χ0n) is 21.6. The third kappa shape index (κ3) is 4.66. The van der Waals surface area contributed by atoms with Gasteiger partial charge >= 0.3 is 5.97 Å². The van der Waals surface area contributed by atoms with Crippen molar-refractivity contribution in [2.45, 2.75) is 56.0 Å². The van der Waals surface area contributed by atoms with Gasteiger partial charge in [0.1, 0.15) is 29.4 Å². The Balaban J connectivity index is 1.38. The Morgan fingerprint density at radius 1 is 1.13 bits per heavy atom. The van der Waals surface area contributed by atoms with Crippen LogP contribution in [0.25, 0.3) is 5.69 Å². The molecule has 196 valence electrons. The van der Waals surface area contributed by atoms with E-state index in [-0.39, 0.29) is 23.7 Å². The second-order valence-electron chi connectivity index (χ2n) is 9.89. The van der Waals surface area contributed by atoms with E-state index in [1.165, 1.54) is 6.92 Å². The van der Waals surface area contributed by atoms with Crippen LogP contribution >= 0.6 is 0 Å². The Hall–Kier alpha value is -3.74. The van der Waals surface area contributed by atoms with Gasteiger partial charge in [-0.25, -0.2) is 0 Å². The maximum absolute atomic E-state index is 13.3. The van der Waals surface area contributed by atoms with Gasteiger partial charge in [-0.15, -0.1) is 0 Å². The van der Waals surface area contributed by atoms with E-state index in [1.54, 1.807) is 30.3 Å². The van der Waals surface area contributed by atoms with Gasteiger partial charge in [0.05, 0.1) is 11.4 Å². The number of rotatable bonds is 5. The second kappa shape index (κ2) is 10.2. The van der Waals surface area contributed by atoms with Crippen LogP contribution in [-0.2, 0) is 32.9 Å². The lowest BCUT2D eigenvalue weighted by Crippen LogP contribution is -2.50. The van der Waals surface area contributed by atoms with Gasteiger partial charge in [0, 0.05) is 38.4 Å². The molecule has 38 heavy (non-hydrogen) atoms. The van der Waals surface area contributed by atoms with E-state index in [9.17, 15) is 19.4 Å². The fourth-order valence-corrected chi connectivity index (χ4v) is 6.07. The molecule has 3 heterocycles. The highest BCUT2D eigenvalue weighted by molar-refractivity contribution is 7.92. The van der Waals surface area contributed by atoms with Crippen LogP contribution in [-0.4, -0.2) is 44.2 Å². The zero-order chi connectivity index (χ0) is 27.0. The van der Waals surface area contributed by atoms with Gasteiger partial charge in [0.25, 0.3) is 5.91 Å². The van der Waals surface area contributed by atoms with Crippen molar-refractivity contribution in [3.8, 4) is 17.5 Å². The Labute approximate surface area is 224 Å². The molecule has 1 saturated heterocycles. The minimum absolute atomic E-state index is 0.00805. The van der Waals surface area contributed by atoms with Gasteiger partial charge in [0.2, 0.25) is 0 Å². The van der Waals surface area contributed by atoms with E-state index in [4.69, 9.17) is 9.47 Å². The molecule has 5 rings (SSSR count). The number of benzene rings is 2. The zero-order valence-corrected chi connectivity index (χ0v) is 22.4. The number of fused-ring (bicyclic) bond motifs is 4. The highest BCUT2D eigenvalue weighted by Crippen LogP contribution is 2.46. The second-order valence-corrected chi connectivity index (χ2v) is 11.9. The quantitative estimate of drug-likeness (QED) is 0.356. The van der Waals surface area contributed by atoms with E-state index in [0.29, 0.717) is 47.8 Å². The van der Waals surface area contributed by atoms with Gasteiger partial charge < -0.3 is 18.9 Å². The molecule has 0 aliphatic carbocycles. The van der Waals surface area contributed by atoms with E-state index in [1.807, 2.05) is 47.6 Å². The first kappa shape index (κ1) is 25.9. The van der Waals surface area contributed by atoms with Crippen LogP contribution in [0.5, 0.6) is 5.75 Å². The SMILES string of the molecule is CC(=O)OCc1ccc2c(c1)OC1(CCN(C(=O)c3ccc([S+]([O-])C(C)C)cc3)CC1)c1ccc(C#N)n1-2. The molecule has 1 amide bonds. The topological polar surface area (TPSA) is 108 Å². The maximum atomic E-state index is 13.3. The van der Waals surface area contributed by atoms with Crippen molar-refractivity contribution >= 4 is 23.1 Å². The number of nitriles is 1. The molecule has 1 fully saturated rings. The predicted octanol–water partition coefficient (Wildman–Crippen LogP) is 4.45. The number of aromatic nitrogens is 1. The fraction of sp³-hybridized carbons (Fsp3) is 0.345. The van der Waals surface area contributed by atoms with Crippen molar-refractivity contribution in [2.24, 2.45) is 0 Å². The molecule has 8 nitrogen and oxygen atoms in total. The van der Waals surface area contributed by atoms with Crippen LogP contribution in [0.3, 0.4) is 0 Å². The monoisotopic (exact) mass is 531 g/mol. The van der Waals surface area contributed by atoms with E-state index in [0.717, 1.165) is 16.9 Å². The van der Waals surface area contributed by atoms with Crippen molar-refractivity contribution in [3.05, 3.63) is 77.1 Å². The molecular formula is C29H29N3O5S. The first-order valence-electron chi connectivity index (χ1n) is 12.6. The Kier molecular flexibility index (Phi) is 6.95. The number of ether oxygens (including phenoxy) is 2. The lowest BCUT2D eigenvalue weighted by Gasteiger charge is -2.45. The minimum Gasteiger partial charge on any atom is -0.611 e. The molecule has 0 radical (unpaired) electrons. The smallest absolute Gasteiger partial charge is 0.302 e. The molecule has 0 N–H and O–H groups in total. The Morgan fingerprint density at radius 2 is 1.84 bits per heavy atom. The molecule has 0 saturated carbocycles. The highest BCUT2D eigenvalue weighted by atomic mass is 32.2. The number of piperidine rings is 1. The number of amides is 1. The van der Waals surface area contributed by atoms with Crippen LogP contribution in [0.15, 0.2) is 59.5 Å². The molecule has 9 heteroatoms. The average molecular weight is 532 g/mol. The highest BCUT2D eigenvalue weighted by Gasteiger charge is 2.45. The number of hydrogen-bond donors (Lipinski definition) is 0. The number of nitrogens with zero attached hydrogens (tertiary/aromatic N) is 3. The first-order chi connectivity index (χ1) is 18.2. The molecule has 1 spiro atoms. The molecule has 0 bridgehead atoms. The summed E-state index contributed by atoms with van der Waals surface area (Å²) in [6.07, 6.45) is 1.10. The van der Waals surface area contributed by atoms with Gasteiger partial charge in [-0.1, -0.05) is 6.07 Å². The average Bonchev–Trinajstić information content (AvgIpc) is 3.37. The van der Waals surface area contributed by atoms with Crippen molar-refractivity contribution < 1.29 is 23.6 Å². The lowest BCUT2D eigenvalue weighted by molar-refractivity contribution is -0.142. The summed E-state index contributed by atoms with van der Waals surface area (Å²) < 4.78 is 26.1.